The minimum absolute atomic E-state index is 0.183. The molecule has 0 fully saturated rings. The van der Waals surface area contributed by atoms with Gasteiger partial charge in [-0.25, -0.2) is 0 Å². The van der Waals surface area contributed by atoms with Crippen LogP contribution in [0.3, 0.4) is 0 Å². The van der Waals surface area contributed by atoms with E-state index < -0.39 is 0 Å². The van der Waals surface area contributed by atoms with E-state index in [2.05, 4.69) is 27.5 Å². The summed E-state index contributed by atoms with van der Waals surface area (Å²) in [5.74, 6) is 2.46. The molecule has 6 nitrogen and oxygen atoms in total. The molecule has 1 atom stereocenters. The lowest BCUT2D eigenvalue weighted by Crippen LogP contribution is -2.22. The molecule has 0 aliphatic rings. The molecule has 2 aromatic rings. The summed E-state index contributed by atoms with van der Waals surface area (Å²) in [5, 5.41) is 11.4. The van der Waals surface area contributed by atoms with Crippen LogP contribution in [0, 0.1) is 13.8 Å². The van der Waals surface area contributed by atoms with Gasteiger partial charge in [-0.1, -0.05) is 31.1 Å². The topological polar surface area (TPSA) is 77.0 Å². The van der Waals surface area contributed by atoms with Gasteiger partial charge >= 0.3 is 0 Å². The van der Waals surface area contributed by atoms with Crippen molar-refractivity contribution in [3.05, 3.63) is 28.7 Å². The maximum absolute atomic E-state index is 5.23. The van der Waals surface area contributed by atoms with Gasteiger partial charge in [0.25, 0.3) is 0 Å². The summed E-state index contributed by atoms with van der Waals surface area (Å²) in [6.07, 6.45) is 0.942. The molecule has 0 aliphatic carbocycles. The number of hydrogen-bond acceptors (Lipinski definition) is 6. The highest BCUT2D eigenvalue weighted by atomic mass is 16.5. The van der Waals surface area contributed by atoms with Crippen LogP contribution in [0.2, 0.25) is 0 Å². The second-order valence-corrected chi connectivity index (χ2v) is 5.28. The number of aryl methyl sites for hydroxylation is 2. The van der Waals surface area contributed by atoms with Crippen molar-refractivity contribution in [2.24, 2.45) is 0 Å². The molecule has 0 radical (unpaired) electrons. The van der Waals surface area contributed by atoms with E-state index in [1.165, 1.54) is 0 Å². The van der Waals surface area contributed by atoms with Crippen LogP contribution in [0.4, 0.5) is 0 Å². The van der Waals surface area contributed by atoms with Crippen molar-refractivity contribution < 1.29 is 9.05 Å². The highest BCUT2D eigenvalue weighted by Crippen LogP contribution is 2.24. The van der Waals surface area contributed by atoms with Crippen molar-refractivity contribution >= 4 is 0 Å². The zero-order valence-corrected chi connectivity index (χ0v) is 12.7. The number of rotatable bonds is 6. The van der Waals surface area contributed by atoms with Gasteiger partial charge in [0.1, 0.15) is 5.76 Å². The summed E-state index contributed by atoms with van der Waals surface area (Å²) in [4.78, 5) is 4.36. The summed E-state index contributed by atoms with van der Waals surface area (Å²) < 4.78 is 10.4. The van der Waals surface area contributed by atoms with Crippen LogP contribution in [0.1, 0.15) is 67.9 Å². The van der Waals surface area contributed by atoms with Crippen LogP contribution in [0.5, 0.6) is 0 Å². The largest absolute Gasteiger partial charge is 0.361 e. The first-order chi connectivity index (χ1) is 9.52. The molecule has 0 aliphatic heterocycles. The Bertz CT molecular complexity index is 540. The van der Waals surface area contributed by atoms with Crippen molar-refractivity contribution in [3.63, 3.8) is 0 Å². The number of hydrogen-bond donors (Lipinski definition) is 1. The van der Waals surface area contributed by atoms with E-state index in [0.717, 1.165) is 23.4 Å². The quantitative estimate of drug-likeness (QED) is 0.875. The molecular weight excluding hydrogens is 256 g/mol. The SMILES string of the molecule is CC[C@H](NCc1noc(C(C)C)n1)c1c(C)noc1C. The smallest absolute Gasteiger partial charge is 0.229 e. The average molecular weight is 278 g/mol. The predicted octanol–water partition coefficient (Wildman–Crippen LogP) is 3.04. The van der Waals surface area contributed by atoms with E-state index in [9.17, 15) is 0 Å². The maximum atomic E-state index is 5.23. The molecule has 2 heterocycles. The number of nitrogens with zero attached hydrogens (tertiary/aromatic N) is 3. The molecular formula is C14H22N4O2. The summed E-state index contributed by atoms with van der Waals surface area (Å²) in [6.45, 7) is 10.7. The Morgan fingerprint density at radius 1 is 1.15 bits per heavy atom. The third-order valence-electron chi connectivity index (χ3n) is 3.33. The molecule has 0 saturated heterocycles. The van der Waals surface area contributed by atoms with Gasteiger partial charge in [-0.2, -0.15) is 4.98 Å². The molecule has 0 amide bonds. The maximum Gasteiger partial charge on any atom is 0.229 e. The van der Waals surface area contributed by atoms with Gasteiger partial charge in [0.2, 0.25) is 5.89 Å². The highest BCUT2D eigenvalue weighted by Gasteiger charge is 2.19. The second-order valence-electron chi connectivity index (χ2n) is 5.28. The lowest BCUT2D eigenvalue weighted by Gasteiger charge is -2.15. The number of aromatic nitrogens is 3. The Kier molecular flexibility index (Phi) is 4.54. The first kappa shape index (κ1) is 14.7. The van der Waals surface area contributed by atoms with Gasteiger partial charge in [-0.15, -0.1) is 0 Å². The Hall–Kier alpha value is -1.69. The molecule has 0 unspecified atom stereocenters. The third-order valence-corrected chi connectivity index (χ3v) is 3.33. The minimum Gasteiger partial charge on any atom is -0.361 e. The molecule has 0 aromatic carbocycles. The third kappa shape index (κ3) is 3.07. The number of nitrogens with one attached hydrogen (secondary N) is 1. The van der Waals surface area contributed by atoms with Gasteiger partial charge in [-0.3, -0.25) is 0 Å². The Balaban J connectivity index is 2.04. The summed E-state index contributed by atoms with van der Waals surface area (Å²) in [5.41, 5.74) is 2.05. The Morgan fingerprint density at radius 3 is 2.40 bits per heavy atom. The van der Waals surface area contributed by atoms with Crippen LogP contribution in [0.25, 0.3) is 0 Å². The van der Waals surface area contributed by atoms with E-state index in [1.54, 1.807) is 0 Å². The van der Waals surface area contributed by atoms with Gasteiger partial charge in [0.15, 0.2) is 5.82 Å². The van der Waals surface area contributed by atoms with Crippen molar-refractivity contribution in [3.8, 4) is 0 Å². The zero-order chi connectivity index (χ0) is 14.7. The molecule has 0 saturated carbocycles. The first-order valence-electron chi connectivity index (χ1n) is 7.01. The van der Waals surface area contributed by atoms with Crippen molar-refractivity contribution in [1.29, 1.82) is 0 Å². The van der Waals surface area contributed by atoms with Crippen LogP contribution < -0.4 is 5.32 Å². The molecule has 1 N–H and O–H groups in total. The molecule has 20 heavy (non-hydrogen) atoms. The fraction of sp³-hybridized carbons (Fsp3) is 0.643. The molecule has 6 heteroatoms. The monoisotopic (exact) mass is 278 g/mol. The Morgan fingerprint density at radius 2 is 1.90 bits per heavy atom. The average Bonchev–Trinajstić information content (AvgIpc) is 3.00. The Labute approximate surface area is 118 Å². The standard InChI is InChI=1S/C14H22N4O2/c1-6-11(13-9(4)17-19-10(13)5)15-7-12-16-14(8(2)3)20-18-12/h8,11,15H,6-7H2,1-5H3/t11-/m0/s1. The van der Waals surface area contributed by atoms with Gasteiger partial charge in [0, 0.05) is 17.5 Å². The summed E-state index contributed by atoms with van der Waals surface area (Å²) in [7, 11) is 0. The zero-order valence-electron chi connectivity index (χ0n) is 12.7. The van der Waals surface area contributed by atoms with E-state index >= 15 is 0 Å². The van der Waals surface area contributed by atoms with Crippen LogP contribution >= 0.6 is 0 Å². The molecule has 0 bridgehead atoms. The van der Waals surface area contributed by atoms with Crippen molar-refractivity contribution in [1.82, 2.24) is 20.6 Å². The van der Waals surface area contributed by atoms with Crippen LogP contribution in [0.15, 0.2) is 9.05 Å². The van der Waals surface area contributed by atoms with Gasteiger partial charge in [-0.05, 0) is 20.3 Å². The van der Waals surface area contributed by atoms with E-state index in [4.69, 9.17) is 9.05 Å². The van der Waals surface area contributed by atoms with E-state index in [1.807, 2.05) is 27.7 Å². The second kappa shape index (κ2) is 6.17. The van der Waals surface area contributed by atoms with Gasteiger partial charge in [0.05, 0.1) is 12.2 Å². The van der Waals surface area contributed by atoms with Crippen LogP contribution in [-0.4, -0.2) is 15.3 Å². The summed E-state index contributed by atoms with van der Waals surface area (Å²) in [6, 6.07) is 0.183. The molecule has 2 aromatic heterocycles. The molecule has 0 spiro atoms. The predicted molar refractivity (Wildman–Crippen MR) is 74.2 cm³/mol. The van der Waals surface area contributed by atoms with Crippen molar-refractivity contribution in [2.75, 3.05) is 0 Å². The molecule has 110 valence electrons. The fourth-order valence-corrected chi connectivity index (χ4v) is 2.23. The van der Waals surface area contributed by atoms with E-state index in [-0.39, 0.29) is 12.0 Å². The van der Waals surface area contributed by atoms with Crippen LogP contribution in [-0.2, 0) is 6.54 Å². The summed E-state index contributed by atoms with van der Waals surface area (Å²) >= 11 is 0. The fourth-order valence-electron chi connectivity index (χ4n) is 2.23. The highest BCUT2D eigenvalue weighted by molar-refractivity contribution is 5.24. The van der Waals surface area contributed by atoms with E-state index in [0.29, 0.717) is 18.3 Å². The minimum atomic E-state index is 0.183. The lowest BCUT2D eigenvalue weighted by molar-refractivity contribution is 0.357. The first-order valence-corrected chi connectivity index (χ1v) is 7.01. The van der Waals surface area contributed by atoms with Gasteiger partial charge < -0.3 is 14.4 Å². The normalized spacial score (nSPS) is 13.1. The van der Waals surface area contributed by atoms with Crippen molar-refractivity contribution in [2.45, 2.75) is 59.5 Å². The molecule has 2 rings (SSSR count). The lowest BCUT2D eigenvalue weighted by atomic mass is 10.0.